The van der Waals surface area contributed by atoms with Crippen molar-refractivity contribution in [2.24, 2.45) is 4.99 Å². The second kappa shape index (κ2) is 14.7. The van der Waals surface area contributed by atoms with Gasteiger partial charge in [-0.25, -0.2) is 8.78 Å². The topological polar surface area (TPSA) is 36.4 Å². The predicted octanol–water partition coefficient (Wildman–Crippen LogP) is 8.27. The van der Waals surface area contributed by atoms with Crippen LogP contribution in [0.2, 0.25) is 0 Å². The number of benzene rings is 2. The molecule has 2 rings (SSSR count). The second-order valence-electron chi connectivity index (χ2n) is 5.67. The molecule has 0 atom stereocenters. The summed E-state index contributed by atoms with van der Waals surface area (Å²) in [6, 6.07) is 12.2. The first kappa shape index (κ1) is 27.8. The third-order valence-electron chi connectivity index (χ3n) is 3.70. The Morgan fingerprint density at radius 3 is 2.07 bits per heavy atom. The molecule has 2 N–H and O–H groups in total. The van der Waals surface area contributed by atoms with Crippen LogP contribution in [0.4, 0.5) is 20.2 Å². The number of alkyl halides is 2. The monoisotopic (exact) mass is 435 g/mol. The molecule has 0 aliphatic heterocycles. The smallest absolute Gasteiger partial charge is 0.270 e. The molecule has 0 saturated carbocycles. The number of rotatable bonds is 7. The SMILES string of the molecule is CC.CC.CC=N/C(=C\C)c1cc(SNC)ccc1Nc1ccc(C(C)(F)F)cc1. The van der Waals surface area contributed by atoms with Gasteiger partial charge in [-0.3, -0.25) is 9.71 Å². The molecule has 0 aliphatic carbocycles. The Kier molecular flexibility index (Phi) is 13.7. The standard InChI is InChI=1S/C20H23F2N3S.2C2H6/c1-5-18(24-6-2)17-13-16(26-23-4)11-12-19(17)25-15-9-7-14(8-10-15)20(3,21)22;2*1-2/h5-13,23,25H,1-4H3;2*1-2H3/b18-5-,24-6?;;. The lowest BCUT2D eigenvalue weighted by molar-refractivity contribution is 0.0175. The zero-order valence-corrected chi connectivity index (χ0v) is 20.1. The van der Waals surface area contributed by atoms with Gasteiger partial charge in [-0.1, -0.05) is 45.9 Å². The van der Waals surface area contributed by atoms with Gasteiger partial charge in [-0.15, -0.1) is 0 Å². The summed E-state index contributed by atoms with van der Waals surface area (Å²) in [6.45, 7) is 12.7. The molecule has 0 spiro atoms. The highest BCUT2D eigenvalue weighted by Crippen LogP contribution is 2.33. The minimum atomic E-state index is -2.84. The molecule has 2 aromatic carbocycles. The Morgan fingerprint density at radius 2 is 1.60 bits per heavy atom. The summed E-state index contributed by atoms with van der Waals surface area (Å²) in [7, 11) is 1.86. The van der Waals surface area contributed by atoms with Crippen LogP contribution < -0.4 is 10.0 Å². The maximum Gasteiger partial charge on any atom is 0.270 e. The van der Waals surface area contributed by atoms with E-state index in [0.717, 1.165) is 34.5 Å². The number of hydrogen-bond donors (Lipinski definition) is 2. The van der Waals surface area contributed by atoms with E-state index in [1.54, 1.807) is 18.3 Å². The molecule has 0 unspecified atom stereocenters. The van der Waals surface area contributed by atoms with E-state index in [1.807, 2.05) is 72.9 Å². The first-order chi connectivity index (χ1) is 14.4. The van der Waals surface area contributed by atoms with Gasteiger partial charge in [0.05, 0.1) is 5.70 Å². The van der Waals surface area contributed by atoms with E-state index in [0.29, 0.717) is 0 Å². The minimum Gasteiger partial charge on any atom is -0.355 e. The molecule has 0 radical (unpaired) electrons. The highest BCUT2D eigenvalue weighted by Gasteiger charge is 2.23. The van der Waals surface area contributed by atoms with Gasteiger partial charge in [0.2, 0.25) is 0 Å². The van der Waals surface area contributed by atoms with Crippen molar-refractivity contribution >= 4 is 35.2 Å². The first-order valence-electron chi connectivity index (χ1n) is 10.3. The van der Waals surface area contributed by atoms with Crippen molar-refractivity contribution in [1.29, 1.82) is 0 Å². The van der Waals surface area contributed by atoms with Crippen molar-refractivity contribution in [3.8, 4) is 0 Å². The molecule has 3 nitrogen and oxygen atoms in total. The second-order valence-corrected chi connectivity index (χ2v) is 6.75. The van der Waals surface area contributed by atoms with Gasteiger partial charge in [0, 0.05) is 40.5 Å². The van der Waals surface area contributed by atoms with Crippen LogP contribution in [0.5, 0.6) is 0 Å². The largest absolute Gasteiger partial charge is 0.355 e. The summed E-state index contributed by atoms with van der Waals surface area (Å²) in [5.41, 5.74) is 3.37. The van der Waals surface area contributed by atoms with Crippen molar-refractivity contribution in [3.63, 3.8) is 0 Å². The normalized spacial score (nSPS) is 11.3. The van der Waals surface area contributed by atoms with E-state index in [4.69, 9.17) is 0 Å². The third-order valence-corrected chi connectivity index (χ3v) is 4.39. The molecule has 0 saturated heterocycles. The Morgan fingerprint density at radius 1 is 1.00 bits per heavy atom. The van der Waals surface area contributed by atoms with Crippen LogP contribution in [0.3, 0.4) is 0 Å². The number of hydrogen-bond acceptors (Lipinski definition) is 4. The lowest BCUT2D eigenvalue weighted by Crippen LogP contribution is -2.06. The maximum absolute atomic E-state index is 13.4. The molecule has 6 heteroatoms. The van der Waals surface area contributed by atoms with Crippen LogP contribution in [0.1, 0.15) is 59.6 Å². The quantitative estimate of drug-likeness (QED) is 0.339. The highest BCUT2D eigenvalue weighted by molar-refractivity contribution is 7.97. The fourth-order valence-corrected chi connectivity index (χ4v) is 3.01. The lowest BCUT2D eigenvalue weighted by Gasteiger charge is -2.15. The van der Waals surface area contributed by atoms with Crippen LogP contribution in [0.15, 0.2) is 58.4 Å². The van der Waals surface area contributed by atoms with Crippen LogP contribution in [0, 0.1) is 0 Å². The Bertz CT molecular complexity index is 795. The van der Waals surface area contributed by atoms with Crippen molar-refractivity contribution in [1.82, 2.24) is 4.72 Å². The molecule has 0 aromatic heterocycles. The molecular weight excluding hydrogens is 400 g/mol. The van der Waals surface area contributed by atoms with E-state index in [-0.39, 0.29) is 5.56 Å². The molecular formula is C24H35F2N3S. The maximum atomic E-state index is 13.4. The van der Waals surface area contributed by atoms with E-state index < -0.39 is 5.92 Å². The van der Waals surface area contributed by atoms with Gasteiger partial charge < -0.3 is 5.32 Å². The zero-order chi connectivity index (χ0) is 23.2. The van der Waals surface area contributed by atoms with Gasteiger partial charge in [-0.05, 0) is 63.2 Å². The summed E-state index contributed by atoms with van der Waals surface area (Å²) < 4.78 is 29.8. The summed E-state index contributed by atoms with van der Waals surface area (Å²) in [4.78, 5) is 5.49. The summed E-state index contributed by atoms with van der Waals surface area (Å²) in [6.07, 6.45) is 3.68. The van der Waals surface area contributed by atoms with Gasteiger partial charge >= 0.3 is 0 Å². The lowest BCUT2D eigenvalue weighted by atomic mass is 10.1. The molecule has 2 aromatic rings. The van der Waals surface area contributed by atoms with Gasteiger partial charge in [-0.2, -0.15) is 0 Å². The van der Waals surface area contributed by atoms with E-state index in [9.17, 15) is 8.78 Å². The number of nitrogens with zero attached hydrogens (tertiary/aromatic N) is 1. The summed E-state index contributed by atoms with van der Waals surface area (Å²) >= 11 is 1.51. The van der Waals surface area contributed by atoms with Crippen LogP contribution in [-0.2, 0) is 5.92 Å². The van der Waals surface area contributed by atoms with Crippen molar-refractivity contribution < 1.29 is 8.78 Å². The zero-order valence-electron chi connectivity index (χ0n) is 19.3. The van der Waals surface area contributed by atoms with Crippen molar-refractivity contribution in [2.75, 3.05) is 12.4 Å². The molecule has 0 bridgehead atoms. The Balaban J connectivity index is 0.00000198. The summed E-state index contributed by atoms with van der Waals surface area (Å²) in [5.74, 6) is -2.84. The van der Waals surface area contributed by atoms with Gasteiger partial charge in [0.15, 0.2) is 0 Å². The molecule has 166 valence electrons. The fraction of sp³-hybridized carbons (Fsp3) is 0.375. The number of aliphatic imine (C=N–C) groups is 1. The van der Waals surface area contributed by atoms with Crippen LogP contribution in [0.25, 0.3) is 5.70 Å². The predicted molar refractivity (Wildman–Crippen MR) is 131 cm³/mol. The van der Waals surface area contributed by atoms with E-state index in [1.165, 1.54) is 24.1 Å². The van der Waals surface area contributed by atoms with E-state index >= 15 is 0 Å². The third kappa shape index (κ3) is 8.67. The number of anilines is 2. The van der Waals surface area contributed by atoms with Gasteiger partial charge in [0.1, 0.15) is 0 Å². The van der Waals surface area contributed by atoms with Crippen molar-refractivity contribution in [2.45, 2.75) is 59.3 Å². The average Bonchev–Trinajstić information content (AvgIpc) is 2.76. The van der Waals surface area contributed by atoms with Gasteiger partial charge in [0.25, 0.3) is 5.92 Å². The average molecular weight is 436 g/mol. The Labute approximate surface area is 185 Å². The molecule has 0 amide bonds. The molecule has 0 fully saturated rings. The van der Waals surface area contributed by atoms with Crippen molar-refractivity contribution in [3.05, 3.63) is 59.7 Å². The molecule has 0 aliphatic rings. The van der Waals surface area contributed by atoms with E-state index in [2.05, 4.69) is 15.0 Å². The number of halogens is 2. The Hall–Kier alpha value is -2.18. The number of nitrogens with one attached hydrogen (secondary N) is 2. The van der Waals surface area contributed by atoms with Crippen LogP contribution >= 0.6 is 11.9 Å². The highest BCUT2D eigenvalue weighted by atomic mass is 32.2. The molecule has 0 heterocycles. The minimum absolute atomic E-state index is 0.00577. The first-order valence-corrected chi connectivity index (χ1v) is 11.1. The fourth-order valence-electron chi connectivity index (χ4n) is 2.47. The van der Waals surface area contributed by atoms with Crippen LogP contribution in [-0.4, -0.2) is 13.3 Å². The number of allylic oxidation sites excluding steroid dienone is 1. The summed E-state index contributed by atoms with van der Waals surface area (Å²) in [5, 5.41) is 3.30. The molecule has 30 heavy (non-hydrogen) atoms.